The molecule has 1 rings (SSSR count). The fourth-order valence-electron chi connectivity index (χ4n) is 0.719. The Morgan fingerprint density at radius 3 is 1.29 bits per heavy atom. The summed E-state index contributed by atoms with van der Waals surface area (Å²) in [7, 11) is 11.2. The van der Waals surface area contributed by atoms with Gasteiger partial charge >= 0.3 is 0 Å². The Hall–Kier alpha value is 0.130. The molecule has 34 valence electrons. The minimum Gasteiger partial charge on any atom is -0.0715 e. The molecule has 0 aromatic rings. The third-order valence-corrected chi connectivity index (χ3v) is 1.91. The van der Waals surface area contributed by atoms with E-state index in [-0.39, 0.29) is 10.6 Å². The summed E-state index contributed by atoms with van der Waals surface area (Å²) < 4.78 is 0. The van der Waals surface area contributed by atoms with Crippen molar-refractivity contribution in [2.45, 2.75) is 30.9 Å². The smallest absolute Gasteiger partial charge is 0.0715 e. The Labute approximate surface area is 47.5 Å². The zero-order valence-corrected chi connectivity index (χ0v) is 4.86. The van der Waals surface area contributed by atoms with E-state index in [4.69, 9.17) is 15.7 Å². The number of hydrogen-bond donors (Lipinski definition) is 0. The third-order valence-electron chi connectivity index (χ3n) is 1.91. The summed E-state index contributed by atoms with van der Waals surface area (Å²) in [6, 6.07) is 0. The SMILES string of the molecule is [B]C1(C)CC1([B])C. The van der Waals surface area contributed by atoms with E-state index < -0.39 is 0 Å². The standard InChI is InChI=1S/C5H8B2/c1-4(6)3-5(4,2)7/h3H2,1-2H3. The average Bonchev–Trinajstić information content (AvgIpc) is 1.63. The molecule has 2 unspecified atom stereocenters. The molecule has 0 bridgehead atoms. The van der Waals surface area contributed by atoms with E-state index in [0.717, 1.165) is 6.42 Å². The Bertz CT molecular complexity index is 82.3. The zero-order chi connectivity index (χ0) is 5.71. The highest BCUT2D eigenvalue weighted by molar-refractivity contribution is 6.31. The van der Waals surface area contributed by atoms with Crippen LogP contribution in [0.5, 0.6) is 0 Å². The molecule has 7 heavy (non-hydrogen) atoms. The summed E-state index contributed by atoms with van der Waals surface area (Å²) in [6.07, 6.45) is 0.958. The Morgan fingerprint density at radius 1 is 1.14 bits per heavy atom. The van der Waals surface area contributed by atoms with E-state index in [9.17, 15) is 0 Å². The largest absolute Gasteiger partial charge is 0.0739 e. The summed E-state index contributed by atoms with van der Waals surface area (Å²) >= 11 is 0. The van der Waals surface area contributed by atoms with Gasteiger partial charge in [-0.1, -0.05) is 30.9 Å². The van der Waals surface area contributed by atoms with Crippen molar-refractivity contribution in [3.8, 4) is 0 Å². The third kappa shape index (κ3) is 0.606. The normalized spacial score (nSPS) is 59.7. The van der Waals surface area contributed by atoms with Crippen LogP contribution in [0.1, 0.15) is 20.3 Å². The van der Waals surface area contributed by atoms with Crippen LogP contribution in [0, 0.1) is 0 Å². The first-order valence-corrected chi connectivity index (χ1v) is 2.53. The van der Waals surface area contributed by atoms with Gasteiger partial charge < -0.3 is 0 Å². The van der Waals surface area contributed by atoms with Crippen molar-refractivity contribution in [2.24, 2.45) is 0 Å². The lowest BCUT2D eigenvalue weighted by molar-refractivity contribution is 0.875. The molecule has 0 aromatic carbocycles. The molecular weight excluding hydrogens is 81.7 g/mol. The van der Waals surface area contributed by atoms with Crippen LogP contribution in [-0.2, 0) is 0 Å². The lowest BCUT2D eigenvalue weighted by Gasteiger charge is -2.05. The fourth-order valence-corrected chi connectivity index (χ4v) is 0.719. The fraction of sp³-hybridized carbons (Fsp3) is 1.00. The summed E-state index contributed by atoms with van der Waals surface area (Å²) in [4.78, 5) is 0. The van der Waals surface area contributed by atoms with Crippen LogP contribution < -0.4 is 0 Å². The van der Waals surface area contributed by atoms with E-state index in [1.54, 1.807) is 0 Å². The Kier molecular flexibility index (Phi) is 0.704. The van der Waals surface area contributed by atoms with Crippen molar-refractivity contribution in [2.75, 3.05) is 0 Å². The van der Waals surface area contributed by atoms with Crippen LogP contribution in [0.4, 0.5) is 0 Å². The second-order valence-electron chi connectivity index (χ2n) is 3.01. The average molecular weight is 89.7 g/mol. The van der Waals surface area contributed by atoms with Crippen molar-refractivity contribution < 1.29 is 0 Å². The van der Waals surface area contributed by atoms with E-state index in [1.165, 1.54) is 0 Å². The molecule has 1 saturated carbocycles. The van der Waals surface area contributed by atoms with Gasteiger partial charge in [0, 0.05) is 0 Å². The highest BCUT2D eigenvalue weighted by Gasteiger charge is 2.51. The summed E-state index contributed by atoms with van der Waals surface area (Å²) in [5.74, 6) is 0. The molecule has 1 aliphatic rings. The van der Waals surface area contributed by atoms with Crippen LogP contribution in [0.2, 0.25) is 10.6 Å². The molecule has 2 heteroatoms. The van der Waals surface area contributed by atoms with Gasteiger partial charge in [0.25, 0.3) is 0 Å². The maximum Gasteiger partial charge on any atom is 0.0739 e. The molecule has 0 aliphatic heterocycles. The zero-order valence-electron chi connectivity index (χ0n) is 4.86. The van der Waals surface area contributed by atoms with E-state index in [2.05, 4.69) is 0 Å². The molecule has 0 nitrogen and oxygen atoms in total. The van der Waals surface area contributed by atoms with Crippen LogP contribution in [0.25, 0.3) is 0 Å². The molecular formula is C5H8B2. The highest BCUT2D eigenvalue weighted by Crippen LogP contribution is 2.71. The van der Waals surface area contributed by atoms with E-state index in [1.807, 2.05) is 13.8 Å². The first-order chi connectivity index (χ1) is 2.96. The van der Waals surface area contributed by atoms with Gasteiger partial charge in [-0.15, -0.1) is 0 Å². The van der Waals surface area contributed by atoms with Crippen LogP contribution in [0.3, 0.4) is 0 Å². The first-order valence-electron chi connectivity index (χ1n) is 2.53. The second-order valence-corrected chi connectivity index (χ2v) is 3.01. The molecule has 0 spiro atoms. The number of hydrogen-bond acceptors (Lipinski definition) is 0. The van der Waals surface area contributed by atoms with E-state index in [0.29, 0.717) is 0 Å². The van der Waals surface area contributed by atoms with Crippen LogP contribution in [-0.4, -0.2) is 15.7 Å². The van der Waals surface area contributed by atoms with Crippen LogP contribution in [0.15, 0.2) is 0 Å². The van der Waals surface area contributed by atoms with Gasteiger partial charge in [-0.3, -0.25) is 0 Å². The van der Waals surface area contributed by atoms with Crippen molar-refractivity contribution in [3.05, 3.63) is 0 Å². The molecule has 2 atom stereocenters. The van der Waals surface area contributed by atoms with Crippen molar-refractivity contribution in [1.82, 2.24) is 0 Å². The minimum atomic E-state index is -0.0764. The summed E-state index contributed by atoms with van der Waals surface area (Å²) in [5.41, 5.74) is 0. The summed E-state index contributed by atoms with van der Waals surface area (Å²) in [6.45, 7) is 3.96. The molecule has 0 N–H and O–H groups in total. The molecule has 1 fully saturated rings. The molecule has 0 amide bonds. The number of rotatable bonds is 0. The molecule has 1 aliphatic carbocycles. The van der Waals surface area contributed by atoms with Gasteiger partial charge in [-0.2, -0.15) is 0 Å². The van der Waals surface area contributed by atoms with Gasteiger partial charge in [-0.25, -0.2) is 0 Å². The van der Waals surface area contributed by atoms with E-state index >= 15 is 0 Å². The molecule has 0 saturated heterocycles. The topological polar surface area (TPSA) is 0 Å². The van der Waals surface area contributed by atoms with Gasteiger partial charge in [0.1, 0.15) is 0 Å². The predicted octanol–water partition coefficient (Wildman–Crippen LogP) is 1.08. The monoisotopic (exact) mass is 90.1 g/mol. The van der Waals surface area contributed by atoms with Crippen molar-refractivity contribution in [3.63, 3.8) is 0 Å². The maximum atomic E-state index is 5.62. The van der Waals surface area contributed by atoms with Gasteiger partial charge in [0.15, 0.2) is 0 Å². The van der Waals surface area contributed by atoms with Crippen molar-refractivity contribution >= 4 is 15.7 Å². The van der Waals surface area contributed by atoms with Crippen LogP contribution >= 0.6 is 0 Å². The lowest BCUT2D eigenvalue weighted by atomic mass is 9.69. The minimum absolute atomic E-state index is 0.0764. The molecule has 0 aromatic heterocycles. The lowest BCUT2D eigenvalue weighted by Crippen LogP contribution is -1.92. The van der Waals surface area contributed by atoms with Crippen molar-refractivity contribution in [1.29, 1.82) is 0 Å². The Morgan fingerprint density at radius 2 is 1.29 bits per heavy atom. The second kappa shape index (κ2) is 0.936. The summed E-state index contributed by atoms with van der Waals surface area (Å²) in [5, 5.41) is -0.153. The molecule has 0 heterocycles. The van der Waals surface area contributed by atoms with Gasteiger partial charge in [0.2, 0.25) is 0 Å². The first kappa shape index (κ1) is 5.27. The Balaban J connectivity index is 2.59. The van der Waals surface area contributed by atoms with Gasteiger partial charge in [0.05, 0.1) is 15.7 Å². The van der Waals surface area contributed by atoms with Gasteiger partial charge in [-0.05, 0) is 0 Å². The molecule has 4 radical (unpaired) electrons. The maximum absolute atomic E-state index is 5.62. The quantitative estimate of drug-likeness (QED) is 0.390. The predicted molar refractivity (Wildman–Crippen MR) is 32.9 cm³/mol. The highest BCUT2D eigenvalue weighted by atomic mass is 14.5.